The second-order valence-electron chi connectivity index (χ2n) is 5.52. The van der Waals surface area contributed by atoms with Crippen molar-refractivity contribution in [1.82, 2.24) is 10.2 Å². The molecule has 1 aromatic carbocycles. The molecule has 1 unspecified atom stereocenters. The summed E-state index contributed by atoms with van der Waals surface area (Å²) in [6, 6.07) is 9.87. The Morgan fingerprint density at radius 3 is 2.59 bits per heavy atom. The standard InChI is InChI=1S/C16H22N2O3.ClH/c19-16(15-12-17-8-11-20-15)18-9-6-14(7-10-18)21-13-4-2-1-3-5-13;/h1-5,14-15,17H,6-12H2;1H. The Balaban J connectivity index is 0.00000176. The lowest BCUT2D eigenvalue weighted by molar-refractivity contribution is -0.147. The van der Waals surface area contributed by atoms with Crippen LogP contribution in [0.25, 0.3) is 0 Å². The van der Waals surface area contributed by atoms with Gasteiger partial charge in [-0.2, -0.15) is 0 Å². The number of nitrogens with zero attached hydrogens (tertiary/aromatic N) is 1. The summed E-state index contributed by atoms with van der Waals surface area (Å²) in [5.41, 5.74) is 0. The van der Waals surface area contributed by atoms with E-state index in [0.29, 0.717) is 13.2 Å². The average molecular weight is 327 g/mol. The molecule has 5 nitrogen and oxygen atoms in total. The van der Waals surface area contributed by atoms with Gasteiger partial charge >= 0.3 is 0 Å². The van der Waals surface area contributed by atoms with Gasteiger partial charge in [0, 0.05) is 39.0 Å². The minimum absolute atomic E-state index is 0. The van der Waals surface area contributed by atoms with Crippen molar-refractivity contribution in [3.05, 3.63) is 30.3 Å². The van der Waals surface area contributed by atoms with Crippen LogP contribution in [0.1, 0.15) is 12.8 Å². The first-order chi connectivity index (χ1) is 10.3. The minimum atomic E-state index is -0.314. The summed E-state index contributed by atoms with van der Waals surface area (Å²) in [4.78, 5) is 14.2. The second-order valence-corrected chi connectivity index (χ2v) is 5.52. The molecule has 1 N–H and O–H groups in total. The molecule has 2 aliphatic heterocycles. The average Bonchev–Trinajstić information content (AvgIpc) is 2.57. The molecule has 2 heterocycles. The zero-order valence-corrected chi connectivity index (χ0v) is 13.4. The van der Waals surface area contributed by atoms with Gasteiger partial charge in [0.25, 0.3) is 5.91 Å². The maximum atomic E-state index is 12.3. The van der Waals surface area contributed by atoms with Crippen LogP contribution in [0, 0.1) is 0 Å². The van der Waals surface area contributed by atoms with Crippen molar-refractivity contribution in [1.29, 1.82) is 0 Å². The van der Waals surface area contributed by atoms with Crippen molar-refractivity contribution < 1.29 is 14.3 Å². The highest BCUT2D eigenvalue weighted by molar-refractivity contribution is 5.85. The van der Waals surface area contributed by atoms with Crippen molar-refractivity contribution in [2.75, 3.05) is 32.8 Å². The van der Waals surface area contributed by atoms with Crippen LogP contribution in [-0.4, -0.2) is 55.8 Å². The number of carbonyl (C=O) groups is 1. The number of ether oxygens (including phenoxy) is 2. The highest BCUT2D eigenvalue weighted by atomic mass is 35.5. The number of morpholine rings is 1. The van der Waals surface area contributed by atoms with Crippen LogP contribution in [0.5, 0.6) is 5.75 Å². The smallest absolute Gasteiger partial charge is 0.253 e. The lowest BCUT2D eigenvalue weighted by Crippen LogP contribution is -2.52. The number of nitrogens with one attached hydrogen (secondary N) is 1. The van der Waals surface area contributed by atoms with E-state index >= 15 is 0 Å². The van der Waals surface area contributed by atoms with E-state index < -0.39 is 0 Å². The first-order valence-electron chi connectivity index (χ1n) is 7.66. The second kappa shape index (κ2) is 8.36. The summed E-state index contributed by atoms with van der Waals surface area (Å²) in [7, 11) is 0. The Bertz CT molecular complexity index is 458. The molecule has 0 radical (unpaired) electrons. The first kappa shape index (κ1) is 17.1. The van der Waals surface area contributed by atoms with Gasteiger partial charge in [-0.25, -0.2) is 0 Å². The summed E-state index contributed by atoms with van der Waals surface area (Å²) in [6.45, 7) is 3.56. The molecule has 2 saturated heterocycles. The number of hydrogen-bond acceptors (Lipinski definition) is 4. The molecule has 0 aliphatic carbocycles. The van der Waals surface area contributed by atoms with E-state index in [2.05, 4.69) is 5.32 Å². The normalized spacial score (nSPS) is 22.7. The van der Waals surface area contributed by atoms with Crippen LogP contribution in [0.15, 0.2) is 30.3 Å². The summed E-state index contributed by atoms with van der Waals surface area (Å²) in [5.74, 6) is 1.02. The Hall–Kier alpha value is -1.30. The van der Waals surface area contributed by atoms with Crippen LogP contribution in [0.4, 0.5) is 0 Å². The zero-order chi connectivity index (χ0) is 14.5. The number of para-hydroxylation sites is 1. The van der Waals surface area contributed by atoms with E-state index in [1.54, 1.807) is 0 Å². The van der Waals surface area contributed by atoms with Gasteiger partial charge in [-0.1, -0.05) is 18.2 Å². The van der Waals surface area contributed by atoms with Crippen molar-refractivity contribution in [3.63, 3.8) is 0 Å². The molecular formula is C16H23ClN2O3. The van der Waals surface area contributed by atoms with E-state index in [1.165, 1.54) is 0 Å². The monoisotopic (exact) mass is 326 g/mol. The third-order valence-corrected chi connectivity index (χ3v) is 4.00. The van der Waals surface area contributed by atoms with Gasteiger partial charge in [0.15, 0.2) is 0 Å². The summed E-state index contributed by atoms with van der Waals surface area (Å²) < 4.78 is 11.5. The molecule has 0 saturated carbocycles. The first-order valence-corrected chi connectivity index (χ1v) is 7.66. The maximum Gasteiger partial charge on any atom is 0.253 e. The minimum Gasteiger partial charge on any atom is -0.490 e. The molecule has 1 atom stereocenters. The Morgan fingerprint density at radius 2 is 1.95 bits per heavy atom. The fourth-order valence-corrected chi connectivity index (χ4v) is 2.81. The highest BCUT2D eigenvalue weighted by Crippen LogP contribution is 2.19. The molecule has 6 heteroatoms. The molecule has 3 rings (SSSR count). The van der Waals surface area contributed by atoms with Gasteiger partial charge in [0.2, 0.25) is 0 Å². The SMILES string of the molecule is Cl.O=C(C1CNCCO1)N1CCC(Oc2ccccc2)CC1. The van der Waals surface area contributed by atoms with Gasteiger partial charge in [-0.15, -0.1) is 12.4 Å². The van der Waals surface area contributed by atoms with Crippen molar-refractivity contribution >= 4 is 18.3 Å². The van der Waals surface area contributed by atoms with Crippen LogP contribution < -0.4 is 10.1 Å². The van der Waals surface area contributed by atoms with E-state index in [-0.39, 0.29) is 30.5 Å². The van der Waals surface area contributed by atoms with Gasteiger partial charge < -0.3 is 19.7 Å². The third kappa shape index (κ3) is 4.35. The number of piperidine rings is 1. The fraction of sp³-hybridized carbons (Fsp3) is 0.562. The molecule has 2 aliphatic rings. The molecule has 0 spiro atoms. The Morgan fingerprint density at radius 1 is 1.23 bits per heavy atom. The molecular weight excluding hydrogens is 304 g/mol. The molecule has 1 amide bonds. The molecule has 1 aromatic rings. The van der Waals surface area contributed by atoms with Crippen LogP contribution in [-0.2, 0) is 9.53 Å². The summed E-state index contributed by atoms with van der Waals surface area (Å²) >= 11 is 0. The number of carbonyl (C=O) groups excluding carboxylic acids is 1. The molecule has 22 heavy (non-hydrogen) atoms. The van der Waals surface area contributed by atoms with Gasteiger partial charge in [-0.3, -0.25) is 4.79 Å². The van der Waals surface area contributed by atoms with Crippen molar-refractivity contribution in [3.8, 4) is 5.75 Å². The lowest BCUT2D eigenvalue weighted by atomic mass is 10.1. The maximum absolute atomic E-state index is 12.3. The largest absolute Gasteiger partial charge is 0.490 e. The van der Waals surface area contributed by atoms with E-state index in [9.17, 15) is 4.79 Å². The lowest BCUT2D eigenvalue weighted by Gasteiger charge is -2.35. The van der Waals surface area contributed by atoms with Gasteiger partial charge in [-0.05, 0) is 12.1 Å². The van der Waals surface area contributed by atoms with Crippen LogP contribution in [0.2, 0.25) is 0 Å². The van der Waals surface area contributed by atoms with E-state index in [1.807, 2.05) is 35.2 Å². The predicted molar refractivity (Wildman–Crippen MR) is 86.5 cm³/mol. The van der Waals surface area contributed by atoms with Gasteiger partial charge in [0.1, 0.15) is 18.0 Å². The Kier molecular flexibility index (Phi) is 6.49. The molecule has 0 bridgehead atoms. The number of hydrogen-bond donors (Lipinski definition) is 1. The van der Waals surface area contributed by atoms with E-state index in [4.69, 9.17) is 9.47 Å². The van der Waals surface area contributed by atoms with Crippen LogP contribution >= 0.6 is 12.4 Å². The molecule has 2 fully saturated rings. The Labute approximate surface area is 137 Å². The predicted octanol–water partition coefficient (Wildman–Crippen LogP) is 1.47. The highest BCUT2D eigenvalue weighted by Gasteiger charge is 2.30. The third-order valence-electron chi connectivity index (χ3n) is 4.00. The molecule has 0 aromatic heterocycles. The summed E-state index contributed by atoms with van der Waals surface area (Å²) in [6.07, 6.45) is 1.63. The number of benzene rings is 1. The van der Waals surface area contributed by atoms with E-state index in [0.717, 1.165) is 38.2 Å². The topological polar surface area (TPSA) is 50.8 Å². The van der Waals surface area contributed by atoms with Gasteiger partial charge in [0.05, 0.1) is 6.61 Å². The zero-order valence-electron chi connectivity index (χ0n) is 12.6. The van der Waals surface area contributed by atoms with Crippen molar-refractivity contribution in [2.24, 2.45) is 0 Å². The summed E-state index contributed by atoms with van der Waals surface area (Å²) in [5, 5.41) is 3.20. The number of rotatable bonds is 3. The molecule has 122 valence electrons. The number of halogens is 1. The number of likely N-dealkylation sites (tertiary alicyclic amines) is 1. The van der Waals surface area contributed by atoms with Crippen molar-refractivity contribution in [2.45, 2.75) is 25.0 Å². The quantitative estimate of drug-likeness (QED) is 0.914. The number of amides is 1. The van der Waals surface area contributed by atoms with Crippen LogP contribution in [0.3, 0.4) is 0 Å². The fourth-order valence-electron chi connectivity index (χ4n) is 2.81.